The highest BCUT2D eigenvalue weighted by atomic mass is 32.2. The summed E-state index contributed by atoms with van der Waals surface area (Å²) in [7, 11) is -3.55. The van der Waals surface area contributed by atoms with Crippen molar-refractivity contribution >= 4 is 21.6 Å². The number of nitrogens with zero attached hydrogens (tertiary/aromatic N) is 1. The van der Waals surface area contributed by atoms with Crippen molar-refractivity contribution in [1.82, 2.24) is 5.32 Å². The minimum atomic E-state index is -3.55. The van der Waals surface area contributed by atoms with Crippen LogP contribution in [0.15, 0.2) is 42.5 Å². The van der Waals surface area contributed by atoms with Crippen molar-refractivity contribution in [2.45, 2.75) is 25.8 Å². The van der Waals surface area contributed by atoms with Crippen LogP contribution in [-0.2, 0) is 14.8 Å². The molecule has 9 heteroatoms. The number of ether oxygens (including phenoxy) is 2. The first-order chi connectivity index (χ1) is 14.2. The molecule has 1 heterocycles. The van der Waals surface area contributed by atoms with Gasteiger partial charge in [0.15, 0.2) is 11.5 Å². The minimum absolute atomic E-state index is 0.121. The van der Waals surface area contributed by atoms with Gasteiger partial charge in [-0.05, 0) is 55.3 Å². The smallest absolute Gasteiger partial charge is 0.232 e. The van der Waals surface area contributed by atoms with Crippen molar-refractivity contribution in [3.63, 3.8) is 0 Å². The molecule has 1 aliphatic heterocycles. The van der Waals surface area contributed by atoms with Crippen LogP contribution in [0.3, 0.4) is 0 Å². The number of anilines is 1. The zero-order valence-electron chi connectivity index (χ0n) is 16.9. The Kier molecular flexibility index (Phi) is 6.81. The summed E-state index contributed by atoms with van der Waals surface area (Å²) in [5.41, 5.74) is 1.25. The third kappa shape index (κ3) is 5.63. The van der Waals surface area contributed by atoms with Gasteiger partial charge >= 0.3 is 0 Å². The third-order valence-corrected chi connectivity index (χ3v) is 5.92. The van der Waals surface area contributed by atoms with Crippen LogP contribution in [0.2, 0.25) is 0 Å². The van der Waals surface area contributed by atoms with Crippen molar-refractivity contribution in [2.24, 2.45) is 0 Å². The number of benzene rings is 2. The SMILES string of the molecule is CC(NC(=O)CCCN(c1ccc(F)cc1)S(C)(=O)=O)c1ccc2c(c1)OCCO2. The fraction of sp³-hybridized carbons (Fsp3) is 0.381. The molecule has 30 heavy (non-hydrogen) atoms. The van der Waals surface area contributed by atoms with Crippen molar-refractivity contribution < 1.29 is 27.1 Å². The average Bonchev–Trinajstić information content (AvgIpc) is 2.71. The van der Waals surface area contributed by atoms with Gasteiger partial charge in [-0.25, -0.2) is 12.8 Å². The molecule has 162 valence electrons. The molecule has 2 aromatic rings. The highest BCUT2D eigenvalue weighted by Gasteiger charge is 2.19. The van der Waals surface area contributed by atoms with Crippen LogP contribution in [0.5, 0.6) is 11.5 Å². The number of nitrogens with one attached hydrogen (secondary N) is 1. The Hall–Kier alpha value is -2.81. The number of hydrogen-bond donors (Lipinski definition) is 1. The summed E-state index contributed by atoms with van der Waals surface area (Å²) in [5, 5.41) is 2.91. The fourth-order valence-corrected chi connectivity index (χ4v) is 4.17. The van der Waals surface area contributed by atoms with Crippen LogP contribution < -0.4 is 19.1 Å². The highest BCUT2D eigenvalue weighted by Crippen LogP contribution is 2.32. The quantitative estimate of drug-likeness (QED) is 0.688. The number of carbonyl (C=O) groups is 1. The van der Waals surface area contributed by atoms with E-state index in [0.717, 1.165) is 11.8 Å². The van der Waals surface area contributed by atoms with Gasteiger partial charge in [0.25, 0.3) is 0 Å². The third-order valence-electron chi connectivity index (χ3n) is 4.72. The zero-order chi connectivity index (χ0) is 21.7. The summed E-state index contributed by atoms with van der Waals surface area (Å²) in [4.78, 5) is 12.3. The van der Waals surface area contributed by atoms with Gasteiger partial charge in [-0.3, -0.25) is 9.10 Å². The molecular weight excluding hydrogens is 411 g/mol. The van der Waals surface area contributed by atoms with Crippen molar-refractivity contribution in [2.75, 3.05) is 30.3 Å². The van der Waals surface area contributed by atoms with Crippen LogP contribution in [-0.4, -0.2) is 40.3 Å². The lowest BCUT2D eigenvalue weighted by atomic mass is 10.1. The molecule has 1 N–H and O–H groups in total. The molecular formula is C21H25FN2O5S. The van der Waals surface area contributed by atoms with Crippen LogP contribution >= 0.6 is 0 Å². The van der Waals surface area contributed by atoms with E-state index < -0.39 is 15.8 Å². The van der Waals surface area contributed by atoms with Gasteiger partial charge in [-0.15, -0.1) is 0 Å². The van der Waals surface area contributed by atoms with Crippen LogP contribution in [0.4, 0.5) is 10.1 Å². The molecule has 0 aliphatic carbocycles. The van der Waals surface area contributed by atoms with E-state index in [9.17, 15) is 17.6 Å². The Bertz CT molecular complexity index is 995. The summed E-state index contributed by atoms with van der Waals surface area (Å²) in [5.74, 6) is 0.706. The van der Waals surface area contributed by atoms with E-state index in [1.807, 2.05) is 25.1 Å². The molecule has 1 amide bonds. The average molecular weight is 437 g/mol. The molecule has 3 rings (SSSR count). The van der Waals surface area contributed by atoms with E-state index >= 15 is 0 Å². The Morgan fingerprint density at radius 1 is 1.13 bits per heavy atom. The Morgan fingerprint density at radius 2 is 1.80 bits per heavy atom. The predicted octanol–water partition coefficient (Wildman–Crippen LogP) is 3.02. The molecule has 0 radical (unpaired) electrons. The van der Waals surface area contributed by atoms with Gasteiger partial charge in [-0.1, -0.05) is 6.07 Å². The van der Waals surface area contributed by atoms with Gasteiger partial charge in [0.2, 0.25) is 15.9 Å². The number of rotatable bonds is 8. The predicted molar refractivity (Wildman–Crippen MR) is 112 cm³/mol. The van der Waals surface area contributed by atoms with Gasteiger partial charge in [0, 0.05) is 13.0 Å². The second kappa shape index (κ2) is 9.34. The van der Waals surface area contributed by atoms with E-state index in [4.69, 9.17) is 9.47 Å². The molecule has 0 aromatic heterocycles. The van der Waals surface area contributed by atoms with Crippen LogP contribution in [0.25, 0.3) is 0 Å². The van der Waals surface area contributed by atoms with E-state index in [1.54, 1.807) is 0 Å². The fourth-order valence-electron chi connectivity index (χ4n) is 3.20. The molecule has 0 fully saturated rings. The number of amides is 1. The molecule has 0 bridgehead atoms. The maximum atomic E-state index is 13.1. The van der Waals surface area contributed by atoms with Crippen molar-refractivity contribution in [3.05, 3.63) is 53.8 Å². The summed E-state index contributed by atoms with van der Waals surface area (Å²) in [6.45, 7) is 2.99. The number of carbonyl (C=O) groups excluding carboxylic acids is 1. The Labute approximate surface area is 175 Å². The molecule has 0 spiro atoms. The Balaban J connectivity index is 1.55. The number of hydrogen-bond acceptors (Lipinski definition) is 5. The summed E-state index contributed by atoms with van der Waals surface area (Å²) < 4.78 is 49.5. The lowest BCUT2D eigenvalue weighted by Gasteiger charge is -2.23. The molecule has 1 unspecified atom stereocenters. The molecule has 1 aliphatic rings. The number of sulfonamides is 1. The van der Waals surface area contributed by atoms with Gasteiger partial charge in [-0.2, -0.15) is 0 Å². The first kappa shape index (κ1) is 21.9. The van der Waals surface area contributed by atoms with E-state index in [-0.39, 0.29) is 24.9 Å². The van der Waals surface area contributed by atoms with Gasteiger partial charge in [0.1, 0.15) is 19.0 Å². The minimum Gasteiger partial charge on any atom is -0.486 e. The molecule has 0 saturated carbocycles. The first-order valence-corrected chi connectivity index (χ1v) is 11.5. The van der Waals surface area contributed by atoms with Crippen LogP contribution in [0.1, 0.15) is 31.4 Å². The second-order valence-electron chi connectivity index (χ2n) is 7.11. The lowest BCUT2D eigenvalue weighted by Crippen LogP contribution is -2.32. The lowest BCUT2D eigenvalue weighted by molar-refractivity contribution is -0.121. The molecule has 1 atom stereocenters. The topological polar surface area (TPSA) is 84.9 Å². The Morgan fingerprint density at radius 3 is 2.47 bits per heavy atom. The number of halogens is 1. The summed E-state index contributed by atoms with van der Waals surface area (Å²) in [6, 6.07) is 10.5. The molecule has 2 aromatic carbocycles. The largest absolute Gasteiger partial charge is 0.486 e. The van der Waals surface area contributed by atoms with E-state index in [2.05, 4.69) is 5.32 Å². The van der Waals surface area contributed by atoms with Crippen LogP contribution in [0, 0.1) is 5.82 Å². The summed E-state index contributed by atoms with van der Waals surface area (Å²) >= 11 is 0. The van der Waals surface area contributed by atoms with Crippen molar-refractivity contribution in [1.29, 1.82) is 0 Å². The second-order valence-corrected chi connectivity index (χ2v) is 9.01. The maximum absolute atomic E-state index is 13.1. The van der Waals surface area contributed by atoms with E-state index in [0.29, 0.717) is 36.8 Å². The standard InChI is InChI=1S/C21H25FN2O5S/c1-15(16-5-10-19-20(14-16)29-13-12-28-19)23-21(25)4-3-11-24(30(2,26)27)18-8-6-17(22)7-9-18/h5-10,14-15H,3-4,11-13H2,1-2H3,(H,23,25). The first-order valence-electron chi connectivity index (χ1n) is 9.66. The van der Waals surface area contributed by atoms with E-state index in [1.165, 1.54) is 28.6 Å². The maximum Gasteiger partial charge on any atom is 0.232 e. The van der Waals surface area contributed by atoms with Gasteiger partial charge < -0.3 is 14.8 Å². The zero-order valence-corrected chi connectivity index (χ0v) is 17.7. The normalized spacial score (nSPS) is 14.1. The molecule has 7 nitrogen and oxygen atoms in total. The molecule has 0 saturated heterocycles. The number of fused-ring (bicyclic) bond motifs is 1. The monoisotopic (exact) mass is 436 g/mol. The van der Waals surface area contributed by atoms with Crippen molar-refractivity contribution in [3.8, 4) is 11.5 Å². The highest BCUT2D eigenvalue weighted by molar-refractivity contribution is 7.92. The van der Waals surface area contributed by atoms with Gasteiger partial charge in [0.05, 0.1) is 18.0 Å². The summed E-state index contributed by atoms with van der Waals surface area (Å²) in [6.07, 6.45) is 1.56.